The van der Waals surface area contributed by atoms with E-state index in [9.17, 15) is 22.4 Å². The maximum Gasteiger partial charge on any atom is 0.283 e. The normalized spacial score (nSPS) is 13.6. The number of benzene rings is 4. The van der Waals surface area contributed by atoms with Gasteiger partial charge in [-0.2, -0.15) is 0 Å². The number of rotatable bonds is 8. The molecule has 0 fully saturated rings. The Labute approximate surface area is 235 Å². The number of hydrogen-bond donors (Lipinski definition) is 2. The smallest absolute Gasteiger partial charge is 0.283 e. The Hall–Kier alpha value is -4.41. The van der Waals surface area contributed by atoms with Gasteiger partial charge in [-0.25, -0.2) is 17.7 Å². The van der Waals surface area contributed by atoms with Gasteiger partial charge in [-0.3, -0.25) is 14.3 Å². The molecule has 0 radical (unpaired) electrons. The van der Waals surface area contributed by atoms with E-state index >= 15 is 0 Å². The highest BCUT2D eigenvalue weighted by Gasteiger charge is 2.40. The summed E-state index contributed by atoms with van der Waals surface area (Å²) in [6, 6.07) is 25.5. The number of hydrogen-bond acceptors (Lipinski definition) is 6. The molecule has 202 valence electrons. The van der Waals surface area contributed by atoms with Crippen LogP contribution in [0.25, 0.3) is 0 Å². The summed E-state index contributed by atoms with van der Waals surface area (Å²) in [5.41, 5.74) is 3.21. The van der Waals surface area contributed by atoms with Crippen LogP contribution in [0.2, 0.25) is 0 Å². The van der Waals surface area contributed by atoms with Crippen molar-refractivity contribution in [2.24, 2.45) is 0 Å². The summed E-state index contributed by atoms with van der Waals surface area (Å²) in [5, 5.41) is 2.98. The maximum absolute atomic E-state index is 13.5. The van der Waals surface area contributed by atoms with E-state index in [1.807, 2.05) is 26.0 Å². The summed E-state index contributed by atoms with van der Waals surface area (Å²) >= 11 is 1.07. The van der Waals surface area contributed by atoms with Gasteiger partial charge < -0.3 is 5.32 Å². The predicted molar refractivity (Wildman–Crippen MR) is 155 cm³/mol. The maximum atomic E-state index is 13.5. The number of halogens is 1. The first-order valence-electron chi connectivity index (χ1n) is 12.2. The summed E-state index contributed by atoms with van der Waals surface area (Å²) in [4.78, 5) is 29.0. The monoisotopic (exact) mass is 573 g/mol. The van der Waals surface area contributed by atoms with Crippen molar-refractivity contribution in [2.75, 3.05) is 14.9 Å². The lowest BCUT2D eigenvalue weighted by Gasteiger charge is -2.15. The highest BCUT2D eigenvalue weighted by Crippen LogP contribution is 2.38. The van der Waals surface area contributed by atoms with Gasteiger partial charge in [0, 0.05) is 16.3 Å². The quantitative estimate of drug-likeness (QED) is 0.243. The lowest BCUT2D eigenvalue weighted by Crippen LogP contribution is -2.32. The van der Waals surface area contributed by atoms with E-state index in [2.05, 4.69) is 10.0 Å². The third-order valence-corrected chi connectivity index (χ3v) is 8.59. The molecule has 0 saturated carbocycles. The molecule has 7 nitrogen and oxygen atoms in total. The third-order valence-electron chi connectivity index (χ3n) is 6.10. The van der Waals surface area contributed by atoms with Crippen LogP contribution in [-0.2, 0) is 19.6 Å². The number of thioether (sulfide) groups is 1. The number of anilines is 3. The number of imide groups is 1. The van der Waals surface area contributed by atoms with E-state index in [1.165, 1.54) is 36.4 Å². The number of carbonyl (C=O) groups is 2. The van der Waals surface area contributed by atoms with Crippen molar-refractivity contribution in [1.82, 2.24) is 0 Å². The van der Waals surface area contributed by atoms with Crippen molar-refractivity contribution in [3.63, 3.8) is 0 Å². The molecule has 4 aromatic rings. The molecular weight excluding hydrogens is 549 g/mol. The number of sulfonamides is 1. The number of amides is 2. The Kier molecular flexibility index (Phi) is 7.46. The average molecular weight is 574 g/mol. The Balaban J connectivity index is 1.42. The van der Waals surface area contributed by atoms with Crippen molar-refractivity contribution in [3.8, 4) is 0 Å². The summed E-state index contributed by atoms with van der Waals surface area (Å²) in [7, 11) is -3.78. The van der Waals surface area contributed by atoms with E-state index < -0.39 is 27.7 Å². The molecule has 10 heteroatoms. The first-order chi connectivity index (χ1) is 19.1. The molecular formula is C30H24FN3O4S2. The first-order valence-corrected chi connectivity index (χ1v) is 14.5. The molecule has 2 N–H and O–H groups in total. The highest BCUT2D eigenvalue weighted by molar-refractivity contribution is 8.04. The molecule has 4 aromatic carbocycles. The summed E-state index contributed by atoms with van der Waals surface area (Å²) in [6.45, 7) is 3.78. The Morgan fingerprint density at radius 1 is 0.700 bits per heavy atom. The minimum atomic E-state index is -3.78. The van der Waals surface area contributed by atoms with Gasteiger partial charge in [0.05, 0.1) is 10.6 Å². The summed E-state index contributed by atoms with van der Waals surface area (Å²) in [5.74, 6) is -1.47. The van der Waals surface area contributed by atoms with Crippen molar-refractivity contribution in [3.05, 3.63) is 125 Å². The van der Waals surface area contributed by atoms with Crippen LogP contribution in [0.4, 0.5) is 21.5 Å². The second-order valence-electron chi connectivity index (χ2n) is 9.16. The molecule has 0 spiro atoms. The van der Waals surface area contributed by atoms with Gasteiger partial charge in [0.25, 0.3) is 21.8 Å². The van der Waals surface area contributed by atoms with Crippen molar-refractivity contribution < 1.29 is 22.4 Å². The van der Waals surface area contributed by atoms with E-state index in [-0.39, 0.29) is 15.5 Å². The fourth-order valence-corrected chi connectivity index (χ4v) is 5.95. The van der Waals surface area contributed by atoms with Crippen LogP contribution >= 0.6 is 11.8 Å². The largest absolute Gasteiger partial charge is 0.350 e. The fraction of sp³-hybridized carbons (Fsp3) is 0.0667. The van der Waals surface area contributed by atoms with Gasteiger partial charge >= 0.3 is 0 Å². The summed E-state index contributed by atoms with van der Waals surface area (Å²) < 4.78 is 41.5. The van der Waals surface area contributed by atoms with E-state index in [1.54, 1.807) is 48.5 Å². The third kappa shape index (κ3) is 5.78. The zero-order valence-corrected chi connectivity index (χ0v) is 23.1. The summed E-state index contributed by atoms with van der Waals surface area (Å²) in [6.07, 6.45) is 0. The zero-order valence-electron chi connectivity index (χ0n) is 21.5. The van der Waals surface area contributed by atoms with E-state index in [4.69, 9.17) is 0 Å². The zero-order chi connectivity index (χ0) is 28.4. The lowest BCUT2D eigenvalue weighted by molar-refractivity contribution is -0.120. The van der Waals surface area contributed by atoms with Gasteiger partial charge in [-0.1, -0.05) is 47.2 Å². The molecule has 1 aliphatic rings. The molecule has 5 rings (SSSR count). The van der Waals surface area contributed by atoms with Gasteiger partial charge in [-0.15, -0.1) is 0 Å². The fourth-order valence-electron chi connectivity index (χ4n) is 3.96. The van der Waals surface area contributed by atoms with Crippen LogP contribution in [0.5, 0.6) is 0 Å². The van der Waals surface area contributed by atoms with Gasteiger partial charge in [0.15, 0.2) is 0 Å². The SMILES string of the molecule is Cc1ccc(N2C(=O)C(Nc3ccc(F)cc3)=C(Sc3ccc(NS(=O)(=O)c4ccc(C)cc4)cc3)C2=O)cc1. The Morgan fingerprint density at radius 2 is 1.25 bits per heavy atom. The second-order valence-corrected chi connectivity index (χ2v) is 11.9. The first kappa shape index (κ1) is 27.2. The van der Waals surface area contributed by atoms with Crippen molar-refractivity contribution >= 4 is 50.7 Å². The molecule has 1 aliphatic heterocycles. The molecule has 0 saturated heterocycles. The minimum Gasteiger partial charge on any atom is -0.350 e. The highest BCUT2D eigenvalue weighted by atomic mass is 32.2. The number of carbonyl (C=O) groups excluding carboxylic acids is 2. The molecule has 2 amide bonds. The van der Waals surface area contributed by atoms with Crippen LogP contribution in [0.15, 0.2) is 117 Å². The van der Waals surface area contributed by atoms with Gasteiger partial charge in [-0.05, 0) is 86.6 Å². The van der Waals surface area contributed by atoms with Crippen LogP contribution in [0.3, 0.4) is 0 Å². The number of nitrogens with zero attached hydrogens (tertiary/aromatic N) is 1. The molecule has 1 heterocycles. The molecule has 0 bridgehead atoms. The minimum absolute atomic E-state index is 0.0614. The van der Waals surface area contributed by atoms with E-state index in [0.717, 1.165) is 27.8 Å². The van der Waals surface area contributed by atoms with Crippen LogP contribution in [-0.4, -0.2) is 20.2 Å². The standard InChI is InChI=1S/C30H24FN3O4S2/c1-19-3-13-24(14-4-19)34-29(35)27(32-22-9-7-21(31)8-10-22)28(30(34)36)39-25-15-11-23(12-16-25)33-40(37,38)26-17-5-20(2)6-18-26/h3-18,32-33H,1-2H3. The van der Waals surface area contributed by atoms with E-state index in [0.29, 0.717) is 22.0 Å². The van der Waals surface area contributed by atoms with Crippen molar-refractivity contribution in [1.29, 1.82) is 0 Å². The number of nitrogens with one attached hydrogen (secondary N) is 2. The topological polar surface area (TPSA) is 95.6 Å². The predicted octanol–water partition coefficient (Wildman–Crippen LogP) is 6.23. The second kappa shape index (κ2) is 11.0. The molecule has 0 aliphatic carbocycles. The van der Waals surface area contributed by atoms with Gasteiger partial charge in [0.1, 0.15) is 16.4 Å². The lowest BCUT2D eigenvalue weighted by atomic mass is 10.2. The van der Waals surface area contributed by atoms with Crippen LogP contribution in [0, 0.1) is 19.7 Å². The van der Waals surface area contributed by atoms with Crippen LogP contribution < -0.4 is 14.9 Å². The Morgan fingerprint density at radius 3 is 1.85 bits per heavy atom. The Bertz CT molecular complexity index is 1720. The number of aryl methyl sites for hydroxylation is 2. The van der Waals surface area contributed by atoms with Crippen molar-refractivity contribution in [2.45, 2.75) is 23.6 Å². The molecule has 0 unspecified atom stereocenters. The van der Waals surface area contributed by atoms with Gasteiger partial charge in [0.2, 0.25) is 0 Å². The van der Waals surface area contributed by atoms with Crippen LogP contribution in [0.1, 0.15) is 11.1 Å². The molecule has 0 atom stereocenters. The molecule has 0 aromatic heterocycles. The molecule has 40 heavy (non-hydrogen) atoms. The average Bonchev–Trinajstić information content (AvgIpc) is 3.15.